The molecule has 2 atom stereocenters. The van der Waals surface area contributed by atoms with E-state index in [1.165, 1.54) is 19.3 Å². The van der Waals surface area contributed by atoms with Crippen molar-refractivity contribution in [2.75, 3.05) is 6.61 Å². The zero-order chi connectivity index (χ0) is 14.5. The maximum absolute atomic E-state index is 11.9. The van der Waals surface area contributed by atoms with Crippen LogP contribution < -0.4 is 10.1 Å². The summed E-state index contributed by atoms with van der Waals surface area (Å²) in [5, 5.41) is 3.55. The van der Waals surface area contributed by atoms with E-state index in [1.54, 1.807) is 12.1 Å². The second-order valence-electron chi connectivity index (χ2n) is 5.30. The monoisotopic (exact) mass is 359 g/mol. The van der Waals surface area contributed by atoms with Crippen molar-refractivity contribution in [2.45, 2.75) is 38.6 Å². The summed E-state index contributed by atoms with van der Waals surface area (Å²) in [6, 6.07) is 5.61. The average Bonchev–Trinajstić information content (AvgIpc) is 2.40. The van der Waals surface area contributed by atoms with Crippen molar-refractivity contribution < 1.29 is 9.53 Å². The van der Waals surface area contributed by atoms with E-state index in [-0.39, 0.29) is 18.6 Å². The highest BCUT2D eigenvalue weighted by Crippen LogP contribution is 2.28. The molecule has 0 aromatic heterocycles. The highest BCUT2D eigenvalue weighted by molar-refractivity contribution is 9.10. The normalized spacial score (nSPS) is 22.4. The molecule has 1 aliphatic rings. The quantitative estimate of drug-likeness (QED) is 0.875. The molecule has 1 fully saturated rings. The maximum Gasteiger partial charge on any atom is 0.258 e. The molecule has 110 valence electrons. The number of nitrogens with one attached hydrogen (secondary N) is 1. The minimum atomic E-state index is -0.0808. The smallest absolute Gasteiger partial charge is 0.258 e. The lowest BCUT2D eigenvalue weighted by atomic mass is 9.86. The highest BCUT2D eigenvalue weighted by atomic mass is 79.9. The lowest BCUT2D eigenvalue weighted by Crippen LogP contribution is -2.43. The number of carbonyl (C=O) groups is 1. The molecule has 5 heteroatoms. The molecule has 1 N–H and O–H groups in total. The van der Waals surface area contributed by atoms with Gasteiger partial charge in [-0.25, -0.2) is 0 Å². The molecule has 1 aliphatic carbocycles. The standard InChI is InChI=1S/C15H19BrClNO2/c1-10-4-2-3-5-13(10)18-15(19)9-20-14-7-6-11(16)8-12(14)17/h6-8,10,13H,2-5,9H2,1H3,(H,18,19)/t10-,13+/m0/s1. The fraction of sp³-hybridized carbons (Fsp3) is 0.533. The molecular formula is C15H19BrClNO2. The first-order valence-corrected chi connectivity index (χ1v) is 8.10. The van der Waals surface area contributed by atoms with Gasteiger partial charge in [-0.2, -0.15) is 0 Å². The van der Waals surface area contributed by atoms with E-state index in [0.29, 0.717) is 16.7 Å². The largest absolute Gasteiger partial charge is 0.482 e. The molecule has 1 amide bonds. The van der Waals surface area contributed by atoms with Crippen LogP contribution in [0.5, 0.6) is 5.75 Å². The molecule has 1 aromatic carbocycles. The van der Waals surface area contributed by atoms with Crippen LogP contribution in [0.1, 0.15) is 32.6 Å². The topological polar surface area (TPSA) is 38.3 Å². The van der Waals surface area contributed by atoms with Crippen LogP contribution in [0.25, 0.3) is 0 Å². The third-order valence-electron chi connectivity index (χ3n) is 3.71. The first-order chi connectivity index (χ1) is 9.56. The molecule has 0 unspecified atom stereocenters. The number of amides is 1. The molecular weight excluding hydrogens is 342 g/mol. The summed E-state index contributed by atoms with van der Waals surface area (Å²) in [4.78, 5) is 11.9. The fourth-order valence-electron chi connectivity index (χ4n) is 2.51. The van der Waals surface area contributed by atoms with Gasteiger partial charge in [0.05, 0.1) is 5.02 Å². The second kappa shape index (κ2) is 7.32. The third-order valence-corrected chi connectivity index (χ3v) is 4.50. The van der Waals surface area contributed by atoms with Crippen LogP contribution in [0.15, 0.2) is 22.7 Å². The molecule has 2 rings (SSSR count). The van der Waals surface area contributed by atoms with Gasteiger partial charge in [-0.3, -0.25) is 4.79 Å². The van der Waals surface area contributed by atoms with Gasteiger partial charge in [0.1, 0.15) is 5.75 Å². The number of benzene rings is 1. The molecule has 0 bridgehead atoms. The number of hydrogen-bond acceptors (Lipinski definition) is 2. The van der Waals surface area contributed by atoms with E-state index in [1.807, 2.05) is 6.07 Å². The van der Waals surface area contributed by atoms with Crippen molar-refractivity contribution in [3.63, 3.8) is 0 Å². The Kier molecular flexibility index (Phi) is 5.73. The minimum Gasteiger partial charge on any atom is -0.482 e. The molecule has 0 heterocycles. The van der Waals surface area contributed by atoms with Gasteiger partial charge in [0.25, 0.3) is 5.91 Å². The third kappa shape index (κ3) is 4.38. The predicted octanol–water partition coefficient (Wildman–Crippen LogP) is 4.18. The molecule has 0 spiro atoms. The summed E-state index contributed by atoms with van der Waals surface area (Å²) in [6.07, 6.45) is 4.70. The van der Waals surface area contributed by atoms with E-state index >= 15 is 0 Å². The van der Waals surface area contributed by atoms with Gasteiger partial charge >= 0.3 is 0 Å². The van der Waals surface area contributed by atoms with Crippen molar-refractivity contribution in [3.8, 4) is 5.75 Å². The Morgan fingerprint density at radius 2 is 2.20 bits per heavy atom. The summed E-state index contributed by atoms with van der Waals surface area (Å²) in [6.45, 7) is 2.20. The lowest BCUT2D eigenvalue weighted by molar-refractivity contribution is -0.124. The second-order valence-corrected chi connectivity index (χ2v) is 6.62. The van der Waals surface area contributed by atoms with Gasteiger partial charge < -0.3 is 10.1 Å². The van der Waals surface area contributed by atoms with Crippen LogP contribution in [-0.4, -0.2) is 18.6 Å². The van der Waals surface area contributed by atoms with Crippen LogP contribution >= 0.6 is 27.5 Å². The Morgan fingerprint density at radius 1 is 1.45 bits per heavy atom. The Hall–Kier alpha value is -0.740. The SMILES string of the molecule is C[C@H]1CCCC[C@H]1NC(=O)COc1ccc(Br)cc1Cl. The first-order valence-electron chi connectivity index (χ1n) is 6.93. The average molecular weight is 361 g/mol. The van der Waals surface area contributed by atoms with Gasteiger partial charge in [0.15, 0.2) is 6.61 Å². The van der Waals surface area contributed by atoms with Crippen molar-refractivity contribution in [3.05, 3.63) is 27.7 Å². The number of halogens is 2. The minimum absolute atomic E-state index is 0.00454. The molecule has 20 heavy (non-hydrogen) atoms. The van der Waals surface area contributed by atoms with Gasteiger partial charge in [0.2, 0.25) is 0 Å². The summed E-state index contributed by atoms with van der Waals surface area (Å²) in [5.41, 5.74) is 0. The van der Waals surface area contributed by atoms with Crippen LogP contribution in [0.2, 0.25) is 5.02 Å². The van der Waals surface area contributed by atoms with E-state index in [0.717, 1.165) is 10.9 Å². The molecule has 1 aromatic rings. The van der Waals surface area contributed by atoms with Crippen molar-refractivity contribution in [1.82, 2.24) is 5.32 Å². The van der Waals surface area contributed by atoms with Crippen molar-refractivity contribution >= 4 is 33.4 Å². The Morgan fingerprint density at radius 3 is 2.90 bits per heavy atom. The molecule has 3 nitrogen and oxygen atoms in total. The number of ether oxygens (including phenoxy) is 1. The summed E-state index contributed by atoms with van der Waals surface area (Å²) in [5.74, 6) is 0.994. The van der Waals surface area contributed by atoms with Gasteiger partial charge in [-0.1, -0.05) is 47.3 Å². The van der Waals surface area contributed by atoms with Gasteiger partial charge in [-0.15, -0.1) is 0 Å². The summed E-state index contributed by atoms with van der Waals surface area (Å²) >= 11 is 9.37. The fourth-order valence-corrected chi connectivity index (χ4v) is 3.24. The Labute approximate surface area is 133 Å². The van der Waals surface area contributed by atoms with Crippen LogP contribution in [0, 0.1) is 5.92 Å². The lowest BCUT2D eigenvalue weighted by Gasteiger charge is -2.29. The van der Waals surface area contributed by atoms with Crippen LogP contribution in [-0.2, 0) is 4.79 Å². The predicted molar refractivity (Wildman–Crippen MR) is 84.2 cm³/mol. The highest BCUT2D eigenvalue weighted by Gasteiger charge is 2.22. The molecule has 0 aliphatic heterocycles. The van der Waals surface area contributed by atoms with Crippen molar-refractivity contribution in [2.24, 2.45) is 5.92 Å². The van der Waals surface area contributed by atoms with E-state index in [4.69, 9.17) is 16.3 Å². The maximum atomic E-state index is 11.9. The van der Waals surface area contributed by atoms with Gasteiger partial charge in [-0.05, 0) is 37.0 Å². The molecule has 0 radical (unpaired) electrons. The Bertz CT molecular complexity index is 481. The zero-order valence-electron chi connectivity index (χ0n) is 11.5. The zero-order valence-corrected chi connectivity index (χ0v) is 13.8. The van der Waals surface area contributed by atoms with Gasteiger partial charge in [0, 0.05) is 10.5 Å². The van der Waals surface area contributed by atoms with Crippen LogP contribution in [0.4, 0.5) is 0 Å². The number of hydrogen-bond donors (Lipinski definition) is 1. The summed E-state index contributed by atoms with van der Waals surface area (Å²) < 4.78 is 6.35. The summed E-state index contributed by atoms with van der Waals surface area (Å²) in [7, 11) is 0. The van der Waals surface area contributed by atoms with E-state index < -0.39 is 0 Å². The Balaban J connectivity index is 1.82. The van der Waals surface area contributed by atoms with E-state index in [9.17, 15) is 4.79 Å². The van der Waals surface area contributed by atoms with Crippen LogP contribution in [0.3, 0.4) is 0 Å². The van der Waals surface area contributed by atoms with Crippen molar-refractivity contribution in [1.29, 1.82) is 0 Å². The van der Waals surface area contributed by atoms with E-state index in [2.05, 4.69) is 28.2 Å². The number of rotatable bonds is 4. The number of carbonyl (C=O) groups excluding carboxylic acids is 1. The first kappa shape index (κ1) is 15.6. The molecule has 1 saturated carbocycles. The molecule has 0 saturated heterocycles.